The third-order valence-corrected chi connectivity index (χ3v) is 5.57. The lowest BCUT2D eigenvalue weighted by molar-refractivity contribution is -0.141. The minimum absolute atomic E-state index is 0.00344. The zero-order valence-corrected chi connectivity index (χ0v) is 16.3. The number of hydrogen-bond donors (Lipinski definition) is 5. The first-order valence-corrected chi connectivity index (χ1v) is 10.5. The molecule has 2 amide bonds. The summed E-state index contributed by atoms with van der Waals surface area (Å²) in [5.41, 5.74) is 6.11. The van der Waals surface area contributed by atoms with Gasteiger partial charge in [0.2, 0.25) is 5.91 Å². The van der Waals surface area contributed by atoms with E-state index < -0.39 is 42.6 Å². The fraction of sp³-hybridized carbons (Fsp3) is 0.375. The molecule has 1 rings (SSSR count). The van der Waals surface area contributed by atoms with Crippen molar-refractivity contribution in [2.75, 3.05) is 18.1 Å². The molecule has 0 unspecified atom stereocenters. The summed E-state index contributed by atoms with van der Waals surface area (Å²) >= 11 is 0. The summed E-state index contributed by atoms with van der Waals surface area (Å²) in [7, 11) is 2.16. The third-order valence-electron chi connectivity index (χ3n) is 3.12. The summed E-state index contributed by atoms with van der Waals surface area (Å²) in [5, 5.41) is 22.3. The van der Waals surface area contributed by atoms with Crippen molar-refractivity contribution in [2.45, 2.75) is 18.7 Å². The van der Waals surface area contributed by atoms with Crippen molar-refractivity contribution in [3.8, 4) is 0 Å². The molecule has 0 saturated carbocycles. The van der Waals surface area contributed by atoms with Crippen LogP contribution in [0, 0.1) is 0 Å². The number of amides is 2. The summed E-state index contributed by atoms with van der Waals surface area (Å²) in [4.78, 5) is 45.2. The van der Waals surface area contributed by atoms with E-state index in [1.807, 2.05) is 6.07 Å². The molecule has 1 aromatic carbocycles. The molecule has 0 aliphatic carbocycles. The van der Waals surface area contributed by atoms with Crippen LogP contribution in [0.4, 0.5) is 4.79 Å². The van der Waals surface area contributed by atoms with Gasteiger partial charge in [-0.25, -0.2) is 9.59 Å². The molecular weight excluding hydrogens is 410 g/mol. The molecule has 0 heterocycles. The molecular formula is C16H21N3O7S2. The average Bonchev–Trinajstić information content (AvgIpc) is 2.67. The summed E-state index contributed by atoms with van der Waals surface area (Å²) in [6.45, 7) is -0.405. The van der Waals surface area contributed by atoms with E-state index in [1.165, 1.54) is 0 Å². The van der Waals surface area contributed by atoms with E-state index in [0.717, 1.165) is 27.2 Å². The van der Waals surface area contributed by atoms with Gasteiger partial charge < -0.3 is 31.3 Å². The molecule has 0 radical (unpaired) electrons. The predicted molar refractivity (Wildman–Crippen MR) is 105 cm³/mol. The number of carbonyl (C=O) groups excluding carboxylic acids is 2. The second kappa shape index (κ2) is 12.9. The van der Waals surface area contributed by atoms with Crippen molar-refractivity contribution in [1.82, 2.24) is 10.6 Å². The monoisotopic (exact) mass is 431 g/mol. The van der Waals surface area contributed by atoms with E-state index in [4.69, 9.17) is 20.7 Å². The van der Waals surface area contributed by atoms with Gasteiger partial charge in [-0.2, -0.15) is 0 Å². The van der Waals surface area contributed by atoms with Crippen LogP contribution in [0.1, 0.15) is 5.56 Å². The SMILES string of the molecule is N[C@@H](CSSC[C@@H](NC(=O)CNC(=O)OCc1ccccc1)C(=O)O)C(=O)O. The van der Waals surface area contributed by atoms with Crippen molar-refractivity contribution in [2.24, 2.45) is 5.73 Å². The van der Waals surface area contributed by atoms with Gasteiger partial charge in [0.05, 0.1) is 0 Å². The minimum atomic E-state index is -1.25. The number of carboxylic acids is 2. The first kappa shape index (κ1) is 23.6. The Hall–Kier alpha value is -2.44. The van der Waals surface area contributed by atoms with Gasteiger partial charge in [0.1, 0.15) is 25.2 Å². The number of carbonyl (C=O) groups is 4. The lowest BCUT2D eigenvalue weighted by Gasteiger charge is -2.14. The first-order valence-electron chi connectivity index (χ1n) is 7.99. The zero-order valence-electron chi connectivity index (χ0n) is 14.7. The van der Waals surface area contributed by atoms with Crippen molar-refractivity contribution in [1.29, 1.82) is 0 Å². The van der Waals surface area contributed by atoms with Crippen LogP contribution in [0.15, 0.2) is 30.3 Å². The summed E-state index contributed by atoms with van der Waals surface area (Å²) < 4.78 is 4.94. The molecule has 0 aromatic heterocycles. The number of ether oxygens (including phenoxy) is 1. The van der Waals surface area contributed by atoms with E-state index in [2.05, 4.69) is 10.6 Å². The molecule has 0 bridgehead atoms. The van der Waals surface area contributed by atoms with Crippen molar-refractivity contribution < 1.29 is 34.1 Å². The second-order valence-corrected chi connectivity index (χ2v) is 7.94. The Bertz CT molecular complexity index is 675. The molecule has 0 saturated heterocycles. The Morgan fingerprint density at radius 1 is 1.04 bits per heavy atom. The molecule has 10 nitrogen and oxygen atoms in total. The van der Waals surface area contributed by atoms with Crippen LogP contribution in [0.5, 0.6) is 0 Å². The molecule has 0 aliphatic rings. The van der Waals surface area contributed by atoms with Crippen molar-refractivity contribution in [3.63, 3.8) is 0 Å². The smallest absolute Gasteiger partial charge is 0.407 e. The second-order valence-electron chi connectivity index (χ2n) is 5.39. The standard InChI is InChI=1S/C16H21N3O7S2/c17-11(14(21)22)8-27-28-9-12(15(23)24)19-13(20)6-18-16(25)26-7-10-4-2-1-3-5-10/h1-5,11-12H,6-9,17H2,(H,18,25)(H,19,20)(H,21,22)(H,23,24)/t11-,12+/m0/s1. The van der Waals surface area contributed by atoms with E-state index >= 15 is 0 Å². The topological polar surface area (TPSA) is 168 Å². The van der Waals surface area contributed by atoms with E-state index in [9.17, 15) is 19.2 Å². The molecule has 12 heteroatoms. The number of alkyl carbamates (subject to hydrolysis) is 1. The molecule has 0 aliphatic heterocycles. The van der Waals surface area contributed by atoms with E-state index in [-0.39, 0.29) is 18.1 Å². The molecule has 1 aromatic rings. The van der Waals surface area contributed by atoms with Crippen molar-refractivity contribution in [3.05, 3.63) is 35.9 Å². The maximum absolute atomic E-state index is 11.8. The van der Waals surface area contributed by atoms with E-state index in [1.54, 1.807) is 24.3 Å². The van der Waals surface area contributed by atoms with Gasteiger partial charge in [0.25, 0.3) is 0 Å². The van der Waals surface area contributed by atoms with Crippen LogP contribution in [0.3, 0.4) is 0 Å². The van der Waals surface area contributed by atoms with Gasteiger partial charge in [-0.05, 0) is 5.56 Å². The van der Waals surface area contributed by atoms with Crippen LogP contribution in [0.25, 0.3) is 0 Å². The van der Waals surface area contributed by atoms with Crippen LogP contribution < -0.4 is 16.4 Å². The molecule has 0 fully saturated rings. The molecule has 28 heavy (non-hydrogen) atoms. The number of benzene rings is 1. The van der Waals surface area contributed by atoms with Crippen LogP contribution in [-0.2, 0) is 25.7 Å². The summed E-state index contributed by atoms with van der Waals surface area (Å²) in [5.74, 6) is -3.01. The normalized spacial score (nSPS) is 12.5. The summed E-state index contributed by atoms with van der Waals surface area (Å²) in [6, 6.07) is 6.70. The Kier molecular flexibility index (Phi) is 10.8. The van der Waals surface area contributed by atoms with Gasteiger partial charge >= 0.3 is 18.0 Å². The van der Waals surface area contributed by atoms with Crippen LogP contribution in [0.2, 0.25) is 0 Å². The fourth-order valence-corrected chi connectivity index (χ4v) is 3.92. The first-order chi connectivity index (χ1) is 13.3. The average molecular weight is 431 g/mol. The lowest BCUT2D eigenvalue weighted by atomic mass is 10.2. The number of nitrogens with two attached hydrogens (primary N) is 1. The number of rotatable bonds is 12. The molecule has 0 spiro atoms. The van der Waals surface area contributed by atoms with Crippen LogP contribution >= 0.6 is 21.6 Å². The third kappa shape index (κ3) is 10.0. The van der Waals surface area contributed by atoms with Crippen LogP contribution in [-0.4, -0.2) is 64.3 Å². The van der Waals surface area contributed by atoms with E-state index in [0.29, 0.717) is 0 Å². The number of hydrogen-bond acceptors (Lipinski definition) is 8. The summed E-state index contributed by atoms with van der Waals surface area (Å²) in [6.07, 6.45) is -0.807. The highest BCUT2D eigenvalue weighted by atomic mass is 33.1. The van der Waals surface area contributed by atoms with Gasteiger partial charge in [-0.15, -0.1) is 0 Å². The quantitative estimate of drug-likeness (QED) is 0.229. The van der Waals surface area contributed by atoms with Gasteiger partial charge in [0, 0.05) is 11.5 Å². The largest absolute Gasteiger partial charge is 0.480 e. The van der Waals surface area contributed by atoms with Gasteiger partial charge in [-0.1, -0.05) is 51.9 Å². The minimum Gasteiger partial charge on any atom is -0.480 e. The maximum Gasteiger partial charge on any atom is 0.407 e. The predicted octanol–water partition coefficient (Wildman–Crippen LogP) is 0.276. The van der Waals surface area contributed by atoms with Gasteiger partial charge in [0.15, 0.2) is 0 Å². The number of aliphatic carboxylic acids is 2. The Labute approximate surface area is 169 Å². The lowest BCUT2D eigenvalue weighted by Crippen LogP contribution is -2.46. The molecule has 2 atom stereocenters. The van der Waals surface area contributed by atoms with Crippen molar-refractivity contribution >= 4 is 45.5 Å². The number of nitrogens with one attached hydrogen (secondary N) is 2. The maximum atomic E-state index is 11.8. The highest BCUT2D eigenvalue weighted by Gasteiger charge is 2.21. The highest BCUT2D eigenvalue weighted by molar-refractivity contribution is 8.76. The fourth-order valence-electron chi connectivity index (χ4n) is 1.66. The van der Waals surface area contributed by atoms with Gasteiger partial charge in [-0.3, -0.25) is 9.59 Å². The zero-order chi connectivity index (χ0) is 20.9. The Morgan fingerprint density at radius 3 is 2.29 bits per heavy atom. The molecule has 154 valence electrons. The Balaban J connectivity index is 2.28. The highest BCUT2D eigenvalue weighted by Crippen LogP contribution is 2.22. The molecule has 6 N–H and O–H groups in total. The Morgan fingerprint density at radius 2 is 1.68 bits per heavy atom. The number of carboxylic acid groups (broad SMARTS) is 2.